The molecule has 2 rings (SSSR count). The lowest BCUT2D eigenvalue weighted by atomic mass is 10.2. The predicted molar refractivity (Wildman–Crippen MR) is 91.6 cm³/mol. The Morgan fingerprint density at radius 2 is 1.96 bits per heavy atom. The first-order chi connectivity index (χ1) is 11.1. The number of aliphatic imine (C=N–C) groups is 1. The fraction of sp³-hybridized carbons (Fsp3) is 0.529. The number of nitrogens with one attached hydrogen (secondary N) is 2. The molecule has 1 amide bonds. The second-order valence-electron chi connectivity index (χ2n) is 5.98. The fourth-order valence-electron chi connectivity index (χ4n) is 1.96. The zero-order valence-electron chi connectivity index (χ0n) is 14.1. The molecule has 1 aromatic rings. The van der Waals surface area contributed by atoms with Gasteiger partial charge in [-0.25, -0.2) is 4.99 Å². The SMILES string of the molecule is COc1ccc(CN=C(NCC(=O)N(C)C)NCC2CC2)cc1. The molecule has 126 valence electrons. The number of carbonyl (C=O) groups excluding carboxylic acids is 1. The second-order valence-corrected chi connectivity index (χ2v) is 5.98. The van der Waals surface area contributed by atoms with E-state index in [1.54, 1.807) is 26.1 Å². The van der Waals surface area contributed by atoms with Crippen LogP contribution in [-0.4, -0.2) is 51.1 Å². The lowest BCUT2D eigenvalue weighted by molar-refractivity contribution is -0.127. The van der Waals surface area contributed by atoms with Crippen LogP contribution in [0, 0.1) is 5.92 Å². The van der Waals surface area contributed by atoms with Crippen LogP contribution in [0.5, 0.6) is 5.75 Å². The Balaban J connectivity index is 1.91. The van der Waals surface area contributed by atoms with Crippen molar-refractivity contribution in [3.63, 3.8) is 0 Å². The Morgan fingerprint density at radius 3 is 2.52 bits per heavy atom. The predicted octanol–water partition coefficient (Wildman–Crippen LogP) is 1.23. The van der Waals surface area contributed by atoms with Crippen LogP contribution in [0.3, 0.4) is 0 Å². The van der Waals surface area contributed by atoms with Gasteiger partial charge in [0, 0.05) is 20.6 Å². The molecular formula is C17H26N4O2. The first-order valence-corrected chi connectivity index (χ1v) is 7.93. The molecule has 0 heterocycles. The summed E-state index contributed by atoms with van der Waals surface area (Å²) in [4.78, 5) is 17.8. The van der Waals surface area contributed by atoms with Gasteiger partial charge in [0.2, 0.25) is 5.91 Å². The van der Waals surface area contributed by atoms with Crippen LogP contribution in [0.25, 0.3) is 0 Å². The smallest absolute Gasteiger partial charge is 0.241 e. The molecule has 1 aromatic carbocycles. The van der Waals surface area contributed by atoms with E-state index in [-0.39, 0.29) is 12.5 Å². The van der Waals surface area contributed by atoms with E-state index < -0.39 is 0 Å². The molecule has 1 saturated carbocycles. The molecule has 0 radical (unpaired) electrons. The van der Waals surface area contributed by atoms with Gasteiger partial charge in [0.1, 0.15) is 5.75 Å². The van der Waals surface area contributed by atoms with Gasteiger partial charge in [0.25, 0.3) is 0 Å². The molecule has 23 heavy (non-hydrogen) atoms. The number of hydrogen-bond acceptors (Lipinski definition) is 3. The number of amides is 1. The summed E-state index contributed by atoms with van der Waals surface area (Å²) in [7, 11) is 5.14. The quantitative estimate of drug-likeness (QED) is 0.586. The highest BCUT2D eigenvalue weighted by molar-refractivity contribution is 5.86. The van der Waals surface area contributed by atoms with Gasteiger partial charge in [-0.3, -0.25) is 4.79 Å². The van der Waals surface area contributed by atoms with Gasteiger partial charge < -0.3 is 20.3 Å². The zero-order valence-corrected chi connectivity index (χ0v) is 14.1. The third-order valence-corrected chi connectivity index (χ3v) is 3.74. The number of hydrogen-bond donors (Lipinski definition) is 2. The van der Waals surface area contributed by atoms with E-state index >= 15 is 0 Å². The summed E-state index contributed by atoms with van der Waals surface area (Å²) in [5.74, 6) is 2.28. The summed E-state index contributed by atoms with van der Waals surface area (Å²) in [6.07, 6.45) is 2.55. The van der Waals surface area contributed by atoms with Crippen molar-refractivity contribution in [1.82, 2.24) is 15.5 Å². The van der Waals surface area contributed by atoms with E-state index in [2.05, 4.69) is 15.6 Å². The minimum atomic E-state index is 0.0235. The molecule has 0 bridgehead atoms. The summed E-state index contributed by atoms with van der Waals surface area (Å²) in [6.45, 7) is 1.71. The van der Waals surface area contributed by atoms with Crippen molar-refractivity contribution in [3.05, 3.63) is 29.8 Å². The van der Waals surface area contributed by atoms with Crippen LogP contribution in [-0.2, 0) is 11.3 Å². The molecule has 2 N–H and O–H groups in total. The van der Waals surface area contributed by atoms with E-state index in [0.29, 0.717) is 12.5 Å². The largest absolute Gasteiger partial charge is 0.497 e. The van der Waals surface area contributed by atoms with Gasteiger partial charge in [-0.05, 0) is 36.5 Å². The number of methoxy groups -OCH3 is 1. The lowest BCUT2D eigenvalue weighted by Gasteiger charge is -2.15. The topological polar surface area (TPSA) is 66.0 Å². The third kappa shape index (κ3) is 6.18. The molecule has 1 aliphatic rings. The molecule has 0 aliphatic heterocycles. The highest BCUT2D eigenvalue weighted by Crippen LogP contribution is 2.27. The van der Waals surface area contributed by atoms with Crippen LogP contribution in [0.1, 0.15) is 18.4 Å². The van der Waals surface area contributed by atoms with Crippen LogP contribution < -0.4 is 15.4 Å². The minimum Gasteiger partial charge on any atom is -0.497 e. The summed E-state index contributed by atoms with van der Waals surface area (Å²) >= 11 is 0. The normalized spacial score (nSPS) is 14.3. The van der Waals surface area contributed by atoms with Crippen LogP contribution in [0.15, 0.2) is 29.3 Å². The molecule has 0 atom stereocenters. The van der Waals surface area contributed by atoms with Crippen LogP contribution >= 0.6 is 0 Å². The number of carbonyl (C=O) groups is 1. The molecular weight excluding hydrogens is 292 g/mol. The summed E-state index contributed by atoms with van der Waals surface area (Å²) < 4.78 is 5.15. The van der Waals surface area contributed by atoms with Crippen molar-refractivity contribution >= 4 is 11.9 Å². The summed E-state index contributed by atoms with van der Waals surface area (Å²) in [5.41, 5.74) is 1.09. The van der Waals surface area contributed by atoms with Crippen molar-refractivity contribution in [3.8, 4) is 5.75 Å². The number of benzene rings is 1. The van der Waals surface area contributed by atoms with Gasteiger partial charge in [-0.15, -0.1) is 0 Å². The Kier molecular flexibility index (Phi) is 6.26. The standard InChI is InChI=1S/C17H26N4O2/c1-21(2)16(22)12-20-17(18-10-13-4-5-13)19-11-14-6-8-15(23-3)9-7-14/h6-9,13H,4-5,10-12H2,1-3H3,(H2,18,19,20). The van der Waals surface area contributed by atoms with Crippen LogP contribution in [0.4, 0.5) is 0 Å². The minimum absolute atomic E-state index is 0.0235. The van der Waals surface area contributed by atoms with Gasteiger partial charge in [0.05, 0.1) is 20.2 Å². The van der Waals surface area contributed by atoms with E-state index in [0.717, 1.165) is 23.8 Å². The molecule has 0 unspecified atom stereocenters. The first kappa shape index (κ1) is 17.1. The first-order valence-electron chi connectivity index (χ1n) is 7.93. The molecule has 0 spiro atoms. The maximum absolute atomic E-state index is 11.7. The average molecular weight is 318 g/mol. The maximum atomic E-state index is 11.7. The van der Waals surface area contributed by atoms with E-state index in [1.165, 1.54) is 12.8 Å². The molecule has 0 saturated heterocycles. The third-order valence-electron chi connectivity index (χ3n) is 3.74. The molecule has 6 heteroatoms. The van der Waals surface area contributed by atoms with Crippen LogP contribution in [0.2, 0.25) is 0 Å². The van der Waals surface area contributed by atoms with Crippen molar-refractivity contribution in [1.29, 1.82) is 0 Å². The lowest BCUT2D eigenvalue weighted by Crippen LogP contribution is -2.43. The maximum Gasteiger partial charge on any atom is 0.241 e. The average Bonchev–Trinajstić information content (AvgIpc) is 3.38. The summed E-state index contributed by atoms with van der Waals surface area (Å²) in [6, 6.07) is 7.83. The van der Waals surface area contributed by atoms with Gasteiger partial charge >= 0.3 is 0 Å². The van der Waals surface area contributed by atoms with E-state index in [1.807, 2.05) is 24.3 Å². The van der Waals surface area contributed by atoms with E-state index in [9.17, 15) is 4.79 Å². The number of nitrogens with zero attached hydrogens (tertiary/aromatic N) is 2. The van der Waals surface area contributed by atoms with Crippen molar-refractivity contribution < 1.29 is 9.53 Å². The van der Waals surface area contributed by atoms with Crippen molar-refractivity contribution in [2.45, 2.75) is 19.4 Å². The number of guanidine groups is 1. The van der Waals surface area contributed by atoms with Gasteiger partial charge in [-0.1, -0.05) is 12.1 Å². The molecule has 1 fully saturated rings. The Morgan fingerprint density at radius 1 is 1.26 bits per heavy atom. The monoisotopic (exact) mass is 318 g/mol. The summed E-state index contributed by atoms with van der Waals surface area (Å²) in [5, 5.41) is 6.41. The number of ether oxygens (including phenoxy) is 1. The highest BCUT2D eigenvalue weighted by atomic mass is 16.5. The number of rotatable bonds is 7. The van der Waals surface area contributed by atoms with Crippen molar-refractivity contribution in [2.75, 3.05) is 34.3 Å². The molecule has 6 nitrogen and oxygen atoms in total. The Hall–Kier alpha value is -2.24. The van der Waals surface area contributed by atoms with Gasteiger partial charge in [-0.2, -0.15) is 0 Å². The van der Waals surface area contributed by atoms with Crippen molar-refractivity contribution in [2.24, 2.45) is 10.9 Å². The zero-order chi connectivity index (χ0) is 16.7. The highest BCUT2D eigenvalue weighted by Gasteiger charge is 2.21. The second kappa shape index (κ2) is 8.41. The number of likely N-dealkylation sites (N-methyl/N-ethyl adjacent to an activating group) is 1. The van der Waals surface area contributed by atoms with Gasteiger partial charge in [0.15, 0.2) is 5.96 Å². The molecule has 1 aliphatic carbocycles. The molecule has 0 aromatic heterocycles. The van der Waals surface area contributed by atoms with E-state index in [4.69, 9.17) is 4.74 Å². The Labute approximate surface area is 137 Å². The fourth-order valence-corrected chi connectivity index (χ4v) is 1.96. The Bertz CT molecular complexity index is 536.